The van der Waals surface area contributed by atoms with Gasteiger partial charge in [-0.2, -0.15) is 0 Å². The Balaban J connectivity index is 1.64. The summed E-state index contributed by atoms with van der Waals surface area (Å²) in [5.74, 6) is 6.90. The summed E-state index contributed by atoms with van der Waals surface area (Å²) in [4.78, 5) is 2.24. The van der Waals surface area contributed by atoms with E-state index in [2.05, 4.69) is 48.1 Å². The molecule has 0 unspecified atom stereocenters. The highest BCUT2D eigenvalue weighted by Gasteiger charge is 2.24. The van der Waals surface area contributed by atoms with Gasteiger partial charge in [0, 0.05) is 25.1 Å². The molecule has 1 fully saturated rings. The number of likely N-dealkylation sites (tertiary alicyclic amines) is 1. The Labute approximate surface area is 137 Å². The number of nitrogens with zero attached hydrogens (tertiary/aromatic N) is 1. The molecule has 1 N–H and O–H groups in total. The minimum absolute atomic E-state index is 0.108. The third kappa shape index (κ3) is 4.13. The summed E-state index contributed by atoms with van der Waals surface area (Å²) in [6.07, 6.45) is 0.836. The molecule has 0 bridgehead atoms. The lowest BCUT2D eigenvalue weighted by atomic mass is 10.0. The molecule has 0 amide bonds. The van der Waals surface area contributed by atoms with Gasteiger partial charge in [-0.3, -0.25) is 4.90 Å². The SMILES string of the molecule is CN1CC(Oc2ccc(-c3ccc(C#CCCO)cc3)cc2)C1. The van der Waals surface area contributed by atoms with Crippen molar-refractivity contribution < 1.29 is 9.84 Å². The predicted octanol–water partition coefficient (Wildman–Crippen LogP) is 2.78. The van der Waals surface area contributed by atoms with Crippen molar-refractivity contribution in [2.45, 2.75) is 12.5 Å². The number of aliphatic hydroxyl groups excluding tert-OH is 1. The Hall–Kier alpha value is -2.28. The van der Waals surface area contributed by atoms with Gasteiger partial charge in [-0.25, -0.2) is 0 Å². The Kier molecular flexibility index (Phi) is 4.97. The van der Waals surface area contributed by atoms with Crippen LogP contribution in [0.4, 0.5) is 0 Å². The van der Waals surface area contributed by atoms with Gasteiger partial charge >= 0.3 is 0 Å². The van der Waals surface area contributed by atoms with Crippen LogP contribution in [-0.4, -0.2) is 42.9 Å². The van der Waals surface area contributed by atoms with Gasteiger partial charge in [0.25, 0.3) is 0 Å². The van der Waals surface area contributed by atoms with E-state index in [1.807, 2.05) is 24.3 Å². The number of hydrogen-bond acceptors (Lipinski definition) is 3. The highest BCUT2D eigenvalue weighted by atomic mass is 16.5. The molecule has 0 radical (unpaired) electrons. The second kappa shape index (κ2) is 7.32. The maximum atomic E-state index is 8.73. The highest BCUT2D eigenvalue weighted by Crippen LogP contribution is 2.24. The standard InChI is InChI=1S/C20H21NO2/c1-21-14-20(15-21)23-19-11-9-18(10-12-19)17-7-5-16(6-8-17)4-2-3-13-22/h5-12,20,22H,3,13-15H2,1H3. The molecule has 2 aromatic carbocycles. The molecule has 0 aromatic heterocycles. The fourth-order valence-corrected chi connectivity index (χ4v) is 2.60. The van der Waals surface area contributed by atoms with Gasteiger partial charge < -0.3 is 9.84 Å². The molecule has 0 atom stereocenters. The van der Waals surface area contributed by atoms with E-state index in [1.165, 1.54) is 0 Å². The molecular formula is C20H21NO2. The number of ether oxygens (including phenoxy) is 1. The van der Waals surface area contributed by atoms with Gasteiger partial charge in [0.1, 0.15) is 11.9 Å². The van der Waals surface area contributed by atoms with Crippen LogP contribution in [0.3, 0.4) is 0 Å². The van der Waals surface area contributed by atoms with Crippen molar-refractivity contribution in [1.29, 1.82) is 0 Å². The first-order chi connectivity index (χ1) is 11.2. The van der Waals surface area contributed by atoms with Gasteiger partial charge in [0.2, 0.25) is 0 Å². The lowest BCUT2D eigenvalue weighted by molar-refractivity contribution is 0.0388. The monoisotopic (exact) mass is 307 g/mol. The van der Waals surface area contributed by atoms with Crippen molar-refractivity contribution in [2.75, 3.05) is 26.7 Å². The minimum atomic E-state index is 0.108. The summed E-state index contributed by atoms with van der Waals surface area (Å²) >= 11 is 0. The first kappa shape index (κ1) is 15.6. The van der Waals surface area contributed by atoms with E-state index in [0.29, 0.717) is 12.5 Å². The largest absolute Gasteiger partial charge is 0.488 e. The topological polar surface area (TPSA) is 32.7 Å². The summed E-state index contributed by atoms with van der Waals surface area (Å²) in [6, 6.07) is 16.4. The van der Waals surface area contributed by atoms with E-state index in [-0.39, 0.29) is 6.61 Å². The zero-order chi connectivity index (χ0) is 16.1. The summed E-state index contributed by atoms with van der Waals surface area (Å²) < 4.78 is 5.91. The van der Waals surface area contributed by atoms with Gasteiger partial charge in [0.05, 0.1) is 6.61 Å². The zero-order valence-corrected chi connectivity index (χ0v) is 13.3. The van der Waals surface area contributed by atoms with Gasteiger partial charge in [-0.05, 0) is 42.4 Å². The minimum Gasteiger partial charge on any atom is -0.488 e. The molecule has 2 aromatic rings. The molecule has 1 heterocycles. The molecule has 0 saturated carbocycles. The van der Waals surface area contributed by atoms with E-state index in [1.54, 1.807) is 0 Å². The van der Waals surface area contributed by atoms with E-state index in [9.17, 15) is 0 Å². The predicted molar refractivity (Wildman–Crippen MR) is 92.4 cm³/mol. The molecule has 0 aliphatic carbocycles. The van der Waals surface area contributed by atoms with Crippen LogP contribution in [0.15, 0.2) is 48.5 Å². The van der Waals surface area contributed by atoms with E-state index < -0.39 is 0 Å². The van der Waals surface area contributed by atoms with E-state index in [4.69, 9.17) is 9.84 Å². The average molecular weight is 307 g/mol. The van der Waals surface area contributed by atoms with Crippen LogP contribution in [0.25, 0.3) is 11.1 Å². The molecule has 1 aliphatic rings. The molecule has 0 spiro atoms. The maximum absolute atomic E-state index is 8.73. The van der Waals surface area contributed by atoms with Crippen LogP contribution in [0.2, 0.25) is 0 Å². The molecule has 3 rings (SSSR count). The van der Waals surface area contributed by atoms with Gasteiger partial charge in [0.15, 0.2) is 0 Å². The normalized spacial score (nSPS) is 14.7. The van der Waals surface area contributed by atoms with Crippen molar-refractivity contribution >= 4 is 0 Å². The second-order valence-electron chi connectivity index (χ2n) is 5.84. The summed E-state index contributed by atoms with van der Waals surface area (Å²) in [5, 5.41) is 8.73. The Morgan fingerprint density at radius 3 is 2.22 bits per heavy atom. The number of likely N-dealkylation sites (N-methyl/N-ethyl adjacent to an activating group) is 1. The summed E-state index contributed by atoms with van der Waals surface area (Å²) in [6.45, 7) is 2.11. The van der Waals surface area contributed by atoms with Crippen molar-refractivity contribution in [3.63, 3.8) is 0 Å². The van der Waals surface area contributed by atoms with Crippen molar-refractivity contribution in [3.8, 4) is 28.7 Å². The molecule has 23 heavy (non-hydrogen) atoms. The smallest absolute Gasteiger partial charge is 0.124 e. The fourth-order valence-electron chi connectivity index (χ4n) is 2.60. The first-order valence-corrected chi connectivity index (χ1v) is 7.90. The Morgan fingerprint density at radius 1 is 1.04 bits per heavy atom. The Morgan fingerprint density at radius 2 is 1.65 bits per heavy atom. The Bertz CT molecular complexity index is 689. The highest BCUT2D eigenvalue weighted by molar-refractivity contribution is 5.65. The number of benzene rings is 2. The molecule has 3 heteroatoms. The summed E-state index contributed by atoms with van der Waals surface area (Å²) in [5.41, 5.74) is 3.29. The molecule has 1 aliphatic heterocycles. The van der Waals surface area contributed by atoms with Crippen molar-refractivity contribution in [2.24, 2.45) is 0 Å². The average Bonchev–Trinajstić information content (AvgIpc) is 2.55. The number of aliphatic hydroxyl groups is 1. The van der Waals surface area contributed by atoms with Gasteiger partial charge in [-0.1, -0.05) is 36.1 Å². The molecule has 1 saturated heterocycles. The van der Waals surface area contributed by atoms with E-state index in [0.717, 1.165) is 35.5 Å². The fraction of sp³-hybridized carbons (Fsp3) is 0.300. The van der Waals surface area contributed by atoms with E-state index >= 15 is 0 Å². The first-order valence-electron chi connectivity index (χ1n) is 7.90. The summed E-state index contributed by atoms with van der Waals surface area (Å²) in [7, 11) is 2.10. The quantitative estimate of drug-likeness (QED) is 0.882. The van der Waals surface area contributed by atoms with Crippen molar-refractivity contribution in [3.05, 3.63) is 54.1 Å². The molecular weight excluding hydrogens is 286 g/mol. The van der Waals surface area contributed by atoms with Gasteiger partial charge in [-0.15, -0.1) is 0 Å². The van der Waals surface area contributed by atoms with Crippen LogP contribution in [0.1, 0.15) is 12.0 Å². The maximum Gasteiger partial charge on any atom is 0.124 e. The molecule has 118 valence electrons. The van der Waals surface area contributed by atoms with Crippen LogP contribution >= 0.6 is 0 Å². The number of rotatable bonds is 4. The van der Waals surface area contributed by atoms with Crippen LogP contribution in [0, 0.1) is 11.8 Å². The molecule has 3 nitrogen and oxygen atoms in total. The third-order valence-corrected chi connectivity index (χ3v) is 3.88. The second-order valence-corrected chi connectivity index (χ2v) is 5.84. The van der Waals surface area contributed by atoms with Crippen LogP contribution in [0.5, 0.6) is 5.75 Å². The number of hydrogen-bond donors (Lipinski definition) is 1. The van der Waals surface area contributed by atoms with Crippen LogP contribution in [-0.2, 0) is 0 Å². The van der Waals surface area contributed by atoms with Crippen LogP contribution < -0.4 is 4.74 Å². The third-order valence-electron chi connectivity index (χ3n) is 3.88. The lowest BCUT2D eigenvalue weighted by Crippen LogP contribution is -2.51. The lowest BCUT2D eigenvalue weighted by Gasteiger charge is -2.36. The van der Waals surface area contributed by atoms with Crippen molar-refractivity contribution in [1.82, 2.24) is 4.90 Å². The zero-order valence-electron chi connectivity index (χ0n) is 13.3.